The summed E-state index contributed by atoms with van der Waals surface area (Å²) in [6.07, 6.45) is 3.43. The summed E-state index contributed by atoms with van der Waals surface area (Å²) in [4.78, 5) is 24.9. The number of nitrogens with one attached hydrogen (secondary N) is 2. The second kappa shape index (κ2) is 9.16. The zero-order chi connectivity index (χ0) is 19.7. The number of fused-ring (bicyclic) bond motifs is 3. The van der Waals surface area contributed by atoms with Gasteiger partial charge in [-0.15, -0.1) is 12.4 Å². The number of amides is 1. The van der Waals surface area contributed by atoms with Crippen molar-refractivity contribution in [1.29, 1.82) is 0 Å². The molecule has 0 radical (unpaired) electrons. The van der Waals surface area contributed by atoms with Crippen molar-refractivity contribution in [3.63, 3.8) is 0 Å². The van der Waals surface area contributed by atoms with E-state index in [2.05, 4.69) is 10.6 Å². The summed E-state index contributed by atoms with van der Waals surface area (Å²) in [6.45, 7) is 1.41. The van der Waals surface area contributed by atoms with Gasteiger partial charge in [0.15, 0.2) is 5.78 Å². The number of carbonyl (C=O) groups excluding carboxylic acids is 2. The molecule has 2 aromatic rings. The van der Waals surface area contributed by atoms with Crippen LogP contribution < -0.4 is 10.6 Å². The number of anilines is 1. The second-order valence-electron chi connectivity index (χ2n) is 7.51. The zero-order valence-electron chi connectivity index (χ0n) is 16.0. The Kier molecular flexibility index (Phi) is 6.83. The number of halogens is 2. The highest BCUT2D eigenvalue weighted by atomic mass is 35.5. The van der Waals surface area contributed by atoms with Crippen LogP contribution in [-0.2, 0) is 24.1 Å². The average molecular weight is 435 g/mol. The predicted molar refractivity (Wildman–Crippen MR) is 116 cm³/mol. The Morgan fingerprint density at radius 3 is 2.66 bits per heavy atom. The van der Waals surface area contributed by atoms with Gasteiger partial charge in [0, 0.05) is 24.4 Å². The Morgan fingerprint density at radius 1 is 1.14 bits per heavy atom. The van der Waals surface area contributed by atoms with Gasteiger partial charge >= 0.3 is 0 Å². The fraction of sp³-hybridized carbons (Fsp3) is 0.364. The van der Waals surface area contributed by atoms with Crippen LogP contribution in [0.2, 0.25) is 5.02 Å². The molecule has 0 spiro atoms. The highest BCUT2D eigenvalue weighted by Crippen LogP contribution is 2.39. The molecule has 0 aromatic heterocycles. The number of aromatic hydroxyl groups is 1. The lowest BCUT2D eigenvalue weighted by Crippen LogP contribution is -2.35. The molecule has 7 heteroatoms. The van der Waals surface area contributed by atoms with E-state index in [1.54, 1.807) is 12.1 Å². The molecule has 154 valence electrons. The minimum Gasteiger partial charge on any atom is -0.508 e. The van der Waals surface area contributed by atoms with Crippen LogP contribution in [0.1, 0.15) is 39.9 Å². The maximum atomic E-state index is 13.2. The van der Waals surface area contributed by atoms with Crippen LogP contribution in [0.5, 0.6) is 5.75 Å². The quantitative estimate of drug-likeness (QED) is 0.622. The van der Waals surface area contributed by atoms with Crippen LogP contribution >= 0.6 is 24.0 Å². The largest absolute Gasteiger partial charge is 0.508 e. The maximum Gasteiger partial charge on any atom is 0.224 e. The van der Waals surface area contributed by atoms with E-state index in [4.69, 9.17) is 11.6 Å². The molecule has 1 unspecified atom stereocenters. The van der Waals surface area contributed by atoms with E-state index in [0.29, 0.717) is 30.1 Å². The SMILES string of the molecule is Cl.O=C1CCc2c(c(Cl)cc3c2C(=O)C(CNCCc2ccc(O)cc2)CC3)N1. The molecule has 1 atom stereocenters. The lowest BCUT2D eigenvalue weighted by Gasteiger charge is -2.29. The molecular formula is C22H24Cl2N2O3. The highest BCUT2D eigenvalue weighted by Gasteiger charge is 2.33. The number of benzene rings is 2. The van der Waals surface area contributed by atoms with Crippen LogP contribution in [0.4, 0.5) is 5.69 Å². The number of aryl methyl sites for hydroxylation is 1. The van der Waals surface area contributed by atoms with Crippen LogP contribution in [0.3, 0.4) is 0 Å². The normalized spacial score (nSPS) is 17.8. The third-order valence-corrected chi connectivity index (χ3v) is 5.93. The van der Waals surface area contributed by atoms with E-state index >= 15 is 0 Å². The number of phenolic OH excluding ortho intramolecular Hbond substituents is 1. The molecule has 4 rings (SSSR count). The molecule has 1 heterocycles. The van der Waals surface area contributed by atoms with Gasteiger partial charge in [-0.3, -0.25) is 9.59 Å². The highest BCUT2D eigenvalue weighted by molar-refractivity contribution is 6.34. The van der Waals surface area contributed by atoms with Crippen molar-refractivity contribution in [2.45, 2.75) is 32.1 Å². The molecule has 2 aromatic carbocycles. The molecule has 0 bridgehead atoms. The van der Waals surface area contributed by atoms with Crippen molar-refractivity contribution in [2.24, 2.45) is 5.92 Å². The van der Waals surface area contributed by atoms with Gasteiger partial charge in [-0.05, 0) is 67.1 Å². The fourth-order valence-electron chi connectivity index (χ4n) is 4.12. The molecule has 0 saturated carbocycles. The number of hydrogen-bond donors (Lipinski definition) is 3. The Hall–Kier alpha value is -2.08. The van der Waals surface area contributed by atoms with Crippen molar-refractivity contribution in [3.05, 3.63) is 57.6 Å². The standard InChI is InChI=1S/C22H23ClN2O3.ClH/c23-18-11-14-3-4-15(12-24-10-9-13-1-5-16(26)6-2-13)22(28)20(14)17-7-8-19(27)25-21(17)18;/h1-2,5-6,11,15,24,26H,3-4,7-10,12H2,(H,25,27);1H. The first-order chi connectivity index (χ1) is 13.5. The summed E-state index contributed by atoms with van der Waals surface area (Å²) in [6, 6.07) is 9.02. The lowest BCUT2D eigenvalue weighted by atomic mass is 9.78. The second-order valence-corrected chi connectivity index (χ2v) is 7.92. The Labute approximate surface area is 181 Å². The van der Waals surface area contributed by atoms with Crippen molar-refractivity contribution in [1.82, 2.24) is 5.32 Å². The topological polar surface area (TPSA) is 78.4 Å². The summed E-state index contributed by atoms with van der Waals surface area (Å²) in [5, 5.41) is 16.1. The van der Waals surface area contributed by atoms with Gasteiger partial charge in [-0.2, -0.15) is 0 Å². The molecule has 1 aliphatic heterocycles. The molecule has 1 amide bonds. The van der Waals surface area contributed by atoms with Gasteiger partial charge in [0.2, 0.25) is 5.91 Å². The first kappa shape index (κ1) is 21.6. The number of hydrogen-bond acceptors (Lipinski definition) is 4. The number of Topliss-reactive ketones (excluding diaryl/α,β-unsaturated/α-hetero) is 1. The summed E-state index contributed by atoms with van der Waals surface area (Å²) in [5.74, 6) is 0.311. The van der Waals surface area contributed by atoms with E-state index in [1.165, 1.54) is 0 Å². The van der Waals surface area contributed by atoms with Crippen LogP contribution in [0.15, 0.2) is 30.3 Å². The van der Waals surface area contributed by atoms with Gasteiger partial charge in [0.25, 0.3) is 0 Å². The number of carbonyl (C=O) groups is 2. The summed E-state index contributed by atoms with van der Waals surface area (Å²) >= 11 is 6.34. The van der Waals surface area contributed by atoms with E-state index in [-0.39, 0.29) is 35.8 Å². The lowest BCUT2D eigenvalue weighted by molar-refractivity contribution is -0.116. The molecule has 5 nitrogen and oxygen atoms in total. The van der Waals surface area contributed by atoms with Crippen LogP contribution in [0.25, 0.3) is 0 Å². The molecular weight excluding hydrogens is 411 g/mol. The predicted octanol–water partition coefficient (Wildman–Crippen LogP) is 3.93. The van der Waals surface area contributed by atoms with Gasteiger partial charge in [0.1, 0.15) is 5.75 Å². The number of ketones is 1. The minimum absolute atomic E-state index is 0. The summed E-state index contributed by atoms with van der Waals surface area (Å²) < 4.78 is 0. The maximum absolute atomic E-state index is 13.2. The Morgan fingerprint density at radius 2 is 1.90 bits per heavy atom. The minimum atomic E-state index is -0.0600. The molecule has 0 saturated heterocycles. The molecule has 2 aliphatic rings. The van der Waals surface area contributed by atoms with Gasteiger partial charge in [-0.25, -0.2) is 0 Å². The van der Waals surface area contributed by atoms with E-state index in [9.17, 15) is 14.7 Å². The Balaban J connectivity index is 0.00000240. The van der Waals surface area contributed by atoms with Crippen molar-refractivity contribution < 1.29 is 14.7 Å². The van der Waals surface area contributed by atoms with E-state index in [0.717, 1.165) is 48.1 Å². The smallest absolute Gasteiger partial charge is 0.224 e. The first-order valence-corrected chi connectivity index (χ1v) is 10.1. The molecule has 0 fully saturated rings. The summed E-state index contributed by atoms with van der Waals surface area (Å²) in [7, 11) is 0. The monoisotopic (exact) mass is 434 g/mol. The Bertz CT molecular complexity index is 929. The third kappa shape index (κ3) is 4.58. The third-order valence-electron chi connectivity index (χ3n) is 5.63. The van der Waals surface area contributed by atoms with Crippen molar-refractivity contribution >= 4 is 41.4 Å². The zero-order valence-corrected chi connectivity index (χ0v) is 17.5. The number of rotatable bonds is 5. The first-order valence-electron chi connectivity index (χ1n) is 9.70. The van der Waals surface area contributed by atoms with Crippen LogP contribution in [0, 0.1) is 5.92 Å². The van der Waals surface area contributed by atoms with Crippen molar-refractivity contribution in [2.75, 3.05) is 18.4 Å². The van der Waals surface area contributed by atoms with Crippen LogP contribution in [-0.4, -0.2) is 29.9 Å². The average Bonchev–Trinajstić information content (AvgIpc) is 2.68. The van der Waals surface area contributed by atoms with Gasteiger partial charge in [0.05, 0.1) is 10.7 Å². The van der Waals surface area contributed by atoms with Gasteiger partial charge in [-0.1, -0.05) is 23.7 Å². The molecule has 1 aliphatic carbocycles. The summed E-state index contributed by atoms with van der Waals surface area (Å²) in [5.41, 5.74) is 4.44. The van der Waals surface area contributed by atoms with Crippen molar-refractivity contribution in [3.8, 4) is 5.75 Å². The van der Waals surface area contributed by atoms with E-state index in [1.807, 2.05) is 18.2 Å². The fourth-order valence-corrected chi connectivity index (χ4v) is 4.41. The number of phenols is 1. The molecule has 3 N–H and O–H groups in total. The molecule has 29 heavy (non-hydrogen) atoms. The van der Waals surface area contributed by atoms with E-state index < -0.39 is 0 Å². The van der Waals surface area contributed by atoms with Gasteiger partial charge < -0.3 is 15.7 Å².